The first kappa shape index (κ1) is 20.1. The maximum absolute atomic E-state index is 13.0. The minimum absolute atomic E-state index is 0.171. The van der Waals surface area contributed by atoms with E-state index in [0.29, 0.717) is 0 Å². The fourth-order valence-corrected chi connectivity index (χ4v) is 4.26. The molecular weight excluding hydrogens is 341 g/mol. The lowest BCUT2D eigenvalue weighted by atomic mass is 9.84. The van der Waals surface area contributed by atoms with E-state index in [9.17, 15) is 9.18 Å². The van der Waals surface area contributed by atoms with Crippen LogP contribution in [0.3, 0.4) is 0 Å². The standard InChI is InChI=1S/C22H34FN3O/c1-17-3-9-21(10-4-17)26-15-13-25(14-16-26)12-11-19-5-7-20(8-6-19)24-22(27)18(2)23/h3-4,9-10,18-20H,5-8,11-16H2,1-2H3,(H,24,27). The molecule has 1 amide bonds. The smallest absolute Gasteiger partial charge is 0.254 e. The van der Waals surface area contributed by atoms with Gasteiger partial charge in [0.15, 0.2) is 6.17 Å². The number of alkyl halides is 1. The number of carbonyl (C=O) groups excluding carboxylic acids is 1. The number of nitrogens with one attached hydrogen (secondary N) is 1. The zero-order valence-electron chi connectivity index (χ0n) is 16.8. The van der Waals surface area contributed by atoms with E-state index in [1.165, 1.54) is 31.1 Å². The third kappa shape index (κ3) is 5.93. The predicted molar refractivity (Wildman–Crippen MR) is 109 cm³/mol. The number of benzene rings is 1. The van der Waals surface area contributed by atoms with Gasteiger partial charge in [0, 0.05) is 37.9 Å². The summed E-state index contributed by atoms with van der Waals surface area (Å²) in [6, 6.07) is 9.01. The van der Waals surface area contributed by atoms with Crippen LogP contribution >= 0.6 is 0 Å². The molecule has 4 nitrogen and oxygen atoms in total. The van der Waals surface area contributed by atoms with Crippen LogP contribution in [0.4, 0.5) is 10.1 Å². The Bertz CT molecular complexity index is 588. The van der Waals surface area contributed by atoms with Crippen LogP contribution in [0.5, 0.6) is 0 Å². The molecule has 1 aliphatic carbocycles. The third-order valence-electron chi connectivity index (χ3n) is 6.18. The molecule has 27 heavy (non-hydrogen) atoms. The average Bonchev–Trinajstić information content (AvgIpc) is 2.68. The van der Waals surface area contributed by atoms with E-state index in [-0.39, 0.29) is 6.04 Å². The van der Waals surface area contributed by atoms with Crippen molar-refractivity contribution >= 4 is 11.6 Å². The number of hydrogen-bond donors (Lipinski definition) is 1. The Kier molecular flexibility index (Phi) is 7.11. The highest BCUT2D eigenvalue weighted by Crippen LogP contribution is 2.27. The second kappa shape index (κ2) is 9.54. The minimum Gasteiger partial charge on any atom is -0.369 e. The van der Waals surface area contributed by atoms with Crippen LogP contribution in [-0.4, -0.2) is 55.7 Å². The molecule has 5 heteroatoms. The van der Waals surface area contributed by atoms with E-state index < -0.39 is 12.1 Å². The van der Waals surface area contributed by atoms with Crippen LogP contribution in [0.15, 0.2) is 24.3 Å². The van der Waals surface area contributed by atoms with Crippen LogP contribution in [-0.2, 0) is 4.79 Å². The van der Waals surface area contributed by atoms with Gasteiger partial charge in [0.2, 0.25) is 0 Å². The van der Waals surface area contributed by atoms with Gasteiger partial charge in [0.25, 0.3) is 5.91 Å². The number of nitrogens with zero attached hydrogens (tertiary/aromatic N) is 2. The van der Waals surface area contributed by atoms with Crippen molar-refractivity contribution in [3.05, 3.63) is 29.8 Å². The Morgan fingerprint density at radius 3 is 2.33 bits per heavy atom. The fourth-order valence-electron chi connectivity index (χ4n) is 4.26. The van der Waals surface area contributed by atoms with Gasteiger partial charge in [0.1, 0.15) is 0 Å². The number of aryl methyl sites for hydroxylation is 1. The zero-order chi connectivity index (χ0) is 19.2. The summed E-state index contributed by atoms with van der Waals surface area (Å²) >= 11 is 0. The van der Waals surface area contributed by atoms with Crippen molar-refractivity contribution in [3.8, 4) is 0 Å². The number of halogens is 1. The lowest BCUT2D eigenvalue weighted by Crippen LogP contribution is -2.47. The summed E-state index contributed by atoms with van der Waals surface area (Å²) in [4.78, 5) is 16.5. The molecule has 1 aliphatic heterocycles. The number of rotatable bonds is 6. The predicted octanol–water partition coefficient (Wildman–Crippen LogP) is 3.54. The van der Waals surface area contributed by atoms with E-state index in [1.54, 1.807) is 0 Å². The van der Waals surface area contributed by atoms with Crippen LogP contribution in [0.25, 0.3) is 0 Å². The van der Waals surface area contributed by atoms with Gasteiger partial charge in [-0.2, -0.15) is 0 Å². The molecule has 150 valence electrons. The second-order valence-corrected chi connectivity index (χ2v) is 8.30. The van der Waals surface area contributed by atoms with Crippen LogP contribution in [0.2, 0.25) is 0 Å². The van der Waals surface area contributed by atoms with Gasteiger partial charge in [-0.05, 0) is 70.5 Å². The molecule has 1 N–H and O–H groups in total. The Morgan fingerprint density at radius 1 is 1.11 bits per heavy atom. The number of anilines is 1. The van der Waals surface area contributed by atoms with Crippen LogP contribution in [0, 0.1) is 12.8 Å². The maximum atomic E-state index is 13.0. The molecule has 0 bridgehead atoms. The lowest BCUT2D eigenvalue weighted by Gasteiger charge is -2.37. The van der Waals surface area contributed by atoms with E-state index in [2.05, 4.69) is 46.3 Å². The summed E-state index contributed by atoms with van der Waals surface area (Å²) in [5.41, 5.74) is 2.65. The molecular formula is C22H34FN3O. The maximum Gasteiger partial charge on any atom is 0.254 e. The van der Waals surface area contributed by atoms with Crippen molar-refractivity contribution in [3.63, 3.8) is 0 Å². The highest BCUT2D eigenvalue weighted by atomic mass is 19.1. The van der Waals surface area contributed by atoms with Gasteiger partial charge in [0.05, 0.1) is 0 Å². The van der Waals surface area contributed by atoms with E-state index >= 15 is 0 Å². The van der Waals surface area contributed by atoms with Crippen molar-refractivity contribution in [2.45, 2.75) is 58.2 Å². The SMILES string of the molecule is Cc1ccc(N2CCN(CCC3CCC(NC(=O)C(C)F)CC3)CC2)cc1. The summed E-state index contributed by atoms with van der Waals surface area (Å²) in [5, 5.41) is 2.84. The molecule has 1 heterocycles. The molecule has 0 spiro atoms. The zero-order valence-corrected chi connectivity index (χ0v) is 16.8. The first-order valence-electron chi connectivity index (χ1n) is 10.5. The Morgan fingerprint density at radius 2 is 1.74 bits per heavy atom. The molecule has 2 aliphatic rings. The molecule has 1 aromatic carbocycles. The van der Waals surface area contributed by atoms with Gasteiger partial charge in [-0.3, -0.25) is 9.69 Å². The topological polar surface area (TPSA) is 35.6 Å². The van der Waals surface area contributed by atoms with Crippen molar-refractivity contribution < 1.29 is 9.18 Å². The van der Waals surface area contributed by atoms with E-state index in [1.807, 2.05) is 0 Å². The number of hydrogen-bond acceptors (Lipinski definition) is 3. The van der Waals surface area contributed by atoms with Gasteiger partial charge in [-0.15, -0.1) is 0 Å². The molecule has 2 fully saturated rings. The minimum atomic E-state index is -1.40. The summed E-state index contributed by atoms with van der Waals surface area (Å²) in [5.74, 6) is 0.293. The van der Waals surface area contributed by atoms with E-state index in [4.69, 9.17) is 0 Å². The molecule has 1 saturated heterocycles. The first-order chi connectivity index (χ1) is 13.0. The highest BCUT2D eigenvalue weighted by Gasteiger charge is 2.25. The Balaban J connectivity index is 1.33. The fraction of sp³-hybridized carbons (Fsp3) is 0.682. The molecule has 1 atom stereocenters. The average molecular weight is 376 g/mol. The first-order valence-corrected chi connectivity index (χ1v) is 10.5. The lowest BCUT2D eigenvalue weighted by molar-refractivity contribution is -0.126. The largest absolute Gasteiger partial charge is 0.369 e. The van der Waals surface area contributed by atoms with Gasteiger partial charge in [-0.1, -0.05) is 17.7 Å². The van der Waals surface area contributed by atoms with Crippen LogP contribution in [0.1, 0.15) is 44.6 Å². The Hall–Kier alpha value is -1.62. The quantitative estimate of drug-likeness (QED) is 0.826. The molecule has 0 aromatic heterocycles. The summed E-state index contributed by atoms with van der Waals surface area (Å²) in [6.07, 6.45) is 4.12. The normalized spacial score (nSPS) is 25.2. The van der Waals surface area contributed by atoms with Gasteiger partial charge in [-0.25, -0.2) is 4.39 Å². The molecule has 3 rings (SSSR count). The van der Waals surface area contributed by atoms with Crippen molar-refractivity contribution in [1.82, 2.24) is 10.2 Å². The number of piperazine rings is 1. The van der Waals surface area contributed by atoms with Gasteiger partial charge >= 0.3 is 0 Å². The summed E-state index contributed by atoms with van der Waals surface area (Å²) in [7, 11) is 0. The molecule has 1 saturated carbocycles. The molecule has 1 unspecified atom stereocenters. The summed E-state index contributed by atoms with van der Waals surface area (Å²) in [6.45, 7) is 9.07. The highest BCUT2D eigenvalue weighted by molar-refractivity contribution is 5.80. The molecule has 1 aromatic rings. The number of carbonyl (C=O) groups is 1. The van der Waals surface area contributed by atoms with Gasteiger partial charge < -0.3 is 10.2 Å². The van der Waals surface area contributed by atoms with E-state index in [0.717, 1.165) is 57.8 Å². The summed E-state index contributed by atoms with van der Waals surface area (Å²) < 4.78 is 13.0. The Labute approximate surface area is 163 Å². The second-order valence-electron chi connectivity index (χ2n) is 8.30. The third-order valence-corrected chi connectivity index (χ3v) is 6.18. The monoisotopic (exact) mass is 375 g/mol. The van der Waals surface area contributed by atoms with Crippen molar-refractivity contribution in [1.29, 1.82) is 0 Å². The van der Waals surface area contributed by atoms with Crippen LogP contribution < -0.4 is 10.2 Å². The number of amides is 1. The van der Waals surface area contributed by atoms with Crippen molar-refractivity contribution in [2.24, 2.45) is 5.92 Å². The molecule has 0 radical (unpaired) electrons. The van der Waals surface area contributed by atoms with Crippen molar-refractivity contribution in [2.75, 3.05) is 37.6 Å².